The molecular weight excluding hydrogens is 187 g/mol. The van der Waals surface area contributed by atoms with Gasteiger partial charge in [-0.2, -0.15) is 0 Å². The Bertz CT molecular complexity index is 476. The number of aromatic nitrogens is 1. The molecule has 0 saturated carbocycles. The summed E-state index contributed by atoms with van der Waals surface area (Å²) in [6, 6.07) is 1.52. The van der Waals surface area contributed by atoms with Crippen LogP contribution in [0.15, 0.2) is 6.07 Å². The van der Waals surface area contributed by atoms with E-state index in [1.807, 2.05) is 13.8 Å². The molecule has 0 radical (unpaired) electrons. The lowest BCUT2D eigenvalue weighted by Crippen LogP contribution is -1.86. The van der Waals surface area contributed by atoms with Crippen molar-refractivity contribution in [3.63, 3.8) is 0 Å². The monoisotopic (exact) mass is 196 g/mol. The second-order valence-corrected chi connectivity index (χ2v) is 4.06. The molecule has 2 nitrogen and oxygen atoms in total. The van der Waals surface area contributed by atoms with Crippen LogP contribution in [-0.2, 0) is 0 Å². The molecule has 0 saturated heterocycles. The van der Waals surface area contributed by atoms with Crippen LogP contribution in [-0.4, -0.2) is 4.98 Å². The van der Waals surface area contributed by atoms with Gasteiger partial charge in [0.15, 0.2) is 5.13 Å². The van der Waals surface area contributed by atoms with Gasteiger partial charge in [0.05, 0.1) is 10.2 Å². The molecule has 0 fully saturated rings. The van der Waals surface area contributed by atoms with Gasteiger partial charge in [-0.3, -0.25) is 0 Å². The minimum Gasteiger partial charge on any atom is -0.375 e. The average Bonchev–Trinajstić information content (AvgIpc) is 2.44. The number of nitrogen functional groups attached to an aromatic ring is 1. The molecule has 0 amide bonds. The van der Waals surface area contributed by atoms with Crippen molar-refractivity contribution < 1.29 is 4.39 Å². The zero-order valence-corrected chi connectivity index (χ0v) is 8.20. The van der Waals surface area contributed by atoms with E-state index in [0.29, 0.717) is 15.3 Å². The molecule has 2 rings (SSSR count). The van der Waals surface area contributed by atoms with Crippen molar-refractivity contribution in [1.29, 1.82) is 0 Å². The number of hydrogen-bond acceptors (Lipinski definition) is 3. The zero-order chi connectivity index (χ0) is 9.59. The maximum Gasteiger partial charge on any atom is 0.181 e. The van der Waals surface area contributed by atoms with Gasteiger partial charge in [0.1, 0.15) is 5.82 Å². The molecule has 2 aromatic rings. The summed E-state index contributed by atoms with van der Waals surface area (Å²) in [4.78, 5) is 4.09. The largest absolute Gasteiger partial charge is 0.375 e. The molecule has 0 aliphatic heterocycles. The number of nitrogens with zero attached hydrogens (tertiary/aromatic N) is 1. The van der Waals surface area contributed by atoms with Gasteiger partial charge in [0, 0.05) is 0 Å². The first-order chi connectivity index (χ1) is 6.09. The second kappa shape index (κ2) is 2.67. The van der Waals surface area contributed by atoms with Gasteiger partial charge in [0.25, 0.3) is 0 Å². The lowest BCUT2D eigenvalue weighted by atomic mass is 10.1. The Morgan fingerprint density at radius 1 is 1.46 bits per heavy atom. The number of fused-ring (bicyclic) bond motifs is 1. The summed E-state index contributed by atoms with van der Waals surface area (Å²) in [5.74, 6) is -0.229. The van der Waals surface area contributed by atoms with Crippen molar-refractivity contribution in [2.45, 2.75) is 13.8 Å². The maximum atomic E-state index is 13.4. The molecule has 0 bridgehead atoms. The molecule has 13 heavy (non-hydrogen) atoms. The number of hydrogen-bond donors (Lipinski definition) is 1. The van der Waals surface area contributed by atoms with Gasteiger partial charge >= 0.3 is 0 Å². The Morgan fingerprint density at radius 3 is 2.85 bits per heavy atom. The zero-order valence-electron chi connectivity index (χ0n) is 7.39. The van der Waals surface area contributed by atoms with E-state index in [0.717, 1.165) is 11.1 Å². The number of benzene rings is 1. The lowest BCUT2D eigenvalue weighted by molar-refractivity contribution is 0.640. The third-order valence-electron chi connectivity index (χ3n) is 2.15. The summed E-state index contributed by atoms with van der Waals surface area (Å²) >= 11 is 1.19. The van der Waals surface area contributed by atoms with Crippen LogP contribution in [0.5, 0.6) is 0 Å². The van der Waals surface area contributed by atoms with Crippen LogP contribution in [0.25, 0.3) is 10.2 Å². The van der Waals surface area contributed by atoms with E-state index in [-0.39, 0.29) is 5.82 Å². The number of thiazole rings is 1. The SMILES string of the molecule is Cc1cc(F)c2sc(N)nc2c1C. The topological polar surface area (TPSA) is 38.9 Å². The Hall–Kier alpha value is -1.16. The summed E-state index contributed by atoms with van der Waals surface area (Å²) in [6.45, 7) is 3.80. The maximum absolute atomic E-state index is 13.4. The highest BCUT2D eigenvalue weighted by molar-refractivity contribution is 7.22. The third-order valence-corrected chi connectivity index (χ3v) is 3.04. The van der Waals surface area contributed by atoms with Crippen molar-refractivity contribution in [3.05, 3.63) is 23.0 Å². The van der Waals surface area contributed by atoms with E-state index < -0.39 is 0 Å². The smallest absolute Gasteiger partial charge is 0.181 e. The van der Waals surface area contributed by atoms with Crippen molar-refractivity contribution in [3.8, 4) is 0 Å². The third kappa shape index (κ3) is 1.18. The van der Waals surface area contributed by atoms with Crippen LogP contribution in [0, 0.1) is 19.7 Å². The van der Waals surface area contributed by atoms with Gasteiger partial charge in [-0.1, -0.05) is 11.3 Å². The average molecular weight is 196 g/mol. The van der Waals surface area contributed by atoms with E-state index in [4.69, 9.17) is 5.73 Å². The summed E-state index contributed by atoms with van der Waals surface area (Å²) in [5, 5.41) is 0.419. The number of aryl methyl sites for hydroxylation is 2. The molecule has 68 valence electrons. The Kier molecular flexibility index (Phi) is 1.73. The molecule has 0 aliphatic carbocycles. The van der Waals surface area contributed by atoms with Crippen molar-refractivity contribution in [1.82, 2.24) is 4.98 Å². The van der Waals surface area contributed by atoms with E-state index in [9.17, 15) is 4.39 Å². The lowest BCUT2D eigenvalue weighted by Gasteiger charge is -2.00. The molecule has 0 atom stereocenters. The van der Waals surface area contributed by atoms with Crippen molar-refractivity contribution >= 4 is 26.7 Å². The standard InChI is InChI=1S/C9H9FN2S/c1-4-3-6(10)8-7(5(4)2)12-9(11)13-8/h3H,1-2H3,(H2,11,12). The first-order valence-electron chi connectivity index (χ1n) is 3.91. The van der Waals surface area contributed by atoms with E-state index >= 15 is 0 Å². The van der Waals surface area contributed by atoms with Crippen LogP contribution in [0.2, 0.25) is 0 Å². The summed E-state index contributed by atoms with van der Waals surface area (Å²) in [6.07, 6.45) is 0. The summed E-state index contributed by atoms with van der Waals surface area (Å²) in [7, 11) is 0. The Labute approximate surface area is 79.2 Å². The second-order valence-electron chi connectivity index (χ2n) is 3.03. The fourth-order valence-corrected chi connectivity index (χ4v) is 2.10. The molecule has 0 spiro atoms. The number of halogens is 1. The Morgan fingerprint density at radius 2 is 2.15 bits per heavy atom. The minimum absolute atomic E-state index is 0.229. The molecule has 0 unspecified atom stereocenters. The molecule has 0 aliphatic rings. The normalized spacial score (nSPS) is 11.0. The van der Waals surface area contributed by atoms with Crippen LogP contribution in [0.4, 0.5) is 9.52 Å². The van der Waals surface area contributed by atoms with E-state index in [1.54, 1.807) is 0 Å². The van der Waals surface area contributed by atoms with Gasteiger partial charge < -0.3 is 5.73 Å². The first kappa shape index (κ1) is 8.44. The summed E-state index contributed by atoms with van der Waals surface area (Å²) in [5.41, 5.74) is 8.13. The van der Waals surface area contributed by atoms with Gasteiger partial charge in [0.2, 0.25) is 0 Å². The molecule has 4 heteroatoms. The highest BCUT2D eigenvalue weighted by Gasteiger charge is 2.10. The fraction of sp³-hybridized carbons (Fsp3) is 0.222. The fourth-order valence-electron chi connectivity index (χ4n) is 1.30. The predicted octanol–water partition coefficient (Wildman–Crippen LogP) is 2.63. The van der Waals surface area contributed by atoms with Gasteiger partial charge in [-0.15, -0.1) is 0 Å². The number of rotatable bonds is 0. The van der Waals surface area contributed by atoms with Gasteiger partial charge in [-0.25, -0.2) is 9.37 Å². The quantitative estimate of drug-likeness (QED) is 0.703. The number of nitrogens with two attached hydrogens (primary N) is 1. The molecule has 1 aromatic carbocycles. The van der Waals surface area contributed by atoms with Crippen LogP contribution >= 0.6 is 11.3 Å². The van der Waals surface area contributed by atoms with Gasteiger partial charge in [-0.05, 0) is 31.0 Å². The Balaban J connectivity index is 2.95. The predicted molar refractivity (Wildman–Crippen MR) is 53.5 cm³/mol. The van der Waals surface area contributed by atoms with E-state index in [1.165, 1.54) is 17.4 Å². The molecular formula is C9H9FN2S. The summed E-state index contributed by atoms with van der Waals surface area (Å²) < 4.78 is 13.9. The molecule has 2 N–H and O–H groups in total. The van der Waals surface area contributed by atoms with Crippen LogP contribution in [0.3, 0.4) is 0 Å². The molecule has 1 aromatic heterocycles. The highest BCUT2D eigenvalue weighted by atomic mass is 32.1. The number of anilines is 1. The highest BCUT2D eigenvalue weighted by Crippen LogP contribution is 2.30. The van der Waals surface area contributed by atoms with Crippen molar-refractivity contribution in [2.75, 3.05) is 5.73 Å². The minimum atomic E-state index is -0.229. The molecule has 1 heterocycles. The van der Waals surface area contributed by atoms with E-state index in [2.05, 4.69) is 4.98 Å². The van der Waals surface area contributed by atoms with Crippen molar-refractivity contribution in [2.24, 2.45) is 0 Å². The first-order valence-corrected chi connectivity index (χ1v) is 4.73. The van der Waals surface area contributed by atoms with Crippen LogP contribution < -0.4 is 5.73 Å². The van der Waals surface area contributed by atoms with Crippen LogP contribution in [0.1, 0.15) is 11.1 Å².